The molecule has 0 atom stereocenters. The van der Waals surface area contributed by atoms with Crippen molar-refractivity contribution in [2.24, 2.45) is 0 Å². The number of alkyl halides is 1. The van der Waals surface area contributed by atoms with Gasteiger partial charge in [0.25, 0.3) is 0 Å². The molecule has 118 valence electrons. The van der Waals surface area contributed by atoms with Crippen molar-refractivity contribution in [2.45, 2.75) is 4.32 Å². The highest BCUT2D eigenvalue weighted by Crippen LogP contribution is 2.49. The van der Waals surface area contributed by atoms with Gasteiger partial charge in [0.05, 0.1) is 9.99 Å². The molecule has 0 bridgehead atoms. The van der Waals surface area contributed by atoms with Crippen molar-refractivity contribution in [3.63, 3.8) is 0 Å². The second kappa shape index (κ2) is 5.22. The lowest BCUT2D eigenvalue weighted by molar-refractivity contribution is 0.0867. The summed E-state index contributed by atoms with van der Waals surface area (Å²) in [7, 11) is 0. The molecule has 3 aromatic rings. The second-order valence-electron chi connectivity index (χ2n) is 5.50. The van der Waals surface area contributed by atoms with E-state index in [0.717, 1.165) is 0 Å². The number of benzene rings is 2. The molecule has 0 saturated carbocycles. The number of nitrogens with zero attached hydrogens (tertiary/aromatic N) is 1. The maximum Gasteiger partial charge on any atom is 0.196 e. The van der Waals surface area contributed by atoms with E-state index in [4.69, 9.17) is 0 Å². The molecule has 0 amide bonds. The third-order valence-electron chi connectivity index (χ3n) is 4.17. The second-order valence-corrected chi connectivity index (χ2v) is 7.48. The van der Waals surface area contributed by atoms with Crippen molar-refractivity contribution in [3.05, 3.63) is 69.8 Å². The van der Waals surface area contributed by atoms with Gasteiger partial charge in [0.1, 0.15) is 5.69 Å². The molecular weight excluding hydrogens is 438 g/mol. The van der Waals surface area contributed by atoms with Gasteiger partial charge in [-0.2, -0.15) is 0 Å². The van der Waals surface area contributed by atoms with Crippen molar-refractivity contribution in [1.29, 1.82) is 0 Å². The summed E-state index contributed by atoms with van der Waals surface area (Å²) in [5.41, 5.74) is 1.22. The monoisotopic (exact) mass is 445 g/mol. The van der Waals surface area contributed by atoms with Crippen LogP contribution in [0.1, 0.15) is 26.4 Å². The molecule has 0 fully saturated rings. The summed E-state index contributed by atoms with van der Waals surface area (Å²) in [5, 5.41) is 11.3. The highest BCUT2D eigenvalue weighted by Gasteiger charge is 2.55. The first-order valence-electron chi connectivity index (χ1n) is 7.11. The van der Waals surface area contributed by atoms with Gasteiger partial charge in [-0.25, -0.2) is 4.98 Å². The van der Waals surface area contributed by atoms with E-state index < -0.39 is 15.9 Å². The van der Waals surface area contributed by atoms with E-state index >= 15 is 0 Å². The lowest BCUT2D eigenvalue weighted by Crippen LogP contribution is -2.32. The molecule has 1 aliphatic carbocycles. The van der Waals surface area contributed by atoms with Crippen LogP contribution in [0.3, 0.4) is 0 Å². The van der Waals surface area contributed by atoms with Crippen LogP contribution in [0.15, 0.2) is 53.0 Å². The number of aromatic hydroxyl groups is 1. The number of pyridine rings is 1. The number of hydrogen-bond donors (Lipinski definition) is 1. The van der Waals surface area contributed by atoms with E-state index in [1.807, 2.05) is 6.07 Å². The average molecular weight is 447 g/mol. The van der Waals surface area contributed by atoms with E-state index in [9.17, 15) is 14.7 Å². The summed E-state index contributed by atoms with van der Waals surface area (Å²) >= 11 is 6.64. The first-order chi connectivity index (χ1) is 11.5. The lowest BCUT2D eigenvalue weighted by Gasteiger charge is -2.20. The molecule has 1 aromatic heterocycles. The largest absolute Gasteiger partial charge is 0.505 e. The Morgan fingerprint density at radius 1 is 0.917 bits per heavy atom. The number of para-hydroxylation sites is 1. The van der Waals surface area contributed by atoms with Crippen molar-refractivity contribution >= 4 is 54.3 Å². The standard InChI is InChI=1S/C18H9Br2NO3/c19-13-11-7-3-4-8-12(11)21-15(14(13)22)18(20)16(23)9-5-1-2-6-10(9)17(18)24/h1-8,22H. The van der Waals surface area contributed by atoms with Gasteiger partial charge >= 0.3 is 0 Å². The fourth-order valence-electron chi connectivity index (χ4n) is 2.97. The molecule has 1 heterocycles. The van der Waals surface area contributed by atoms with Crippen molar-refractivity contribution in [3.8, 4) is 5.75 Å². The summed E-state index contributed by atoms with van der Waals surface area (Å²) in [6.45, 7) is 0. The Hall–Kier alpha value is -2.05. The van der Waals surface area contributed by atoms with E-state index in [1.165, 1.54) is 0 Å². The van der Waals surface area contributed by atoms with E-state index in [2.05, 4.69) is 36.8 Å². The van der Waals surface area contributed by atoms with Crippen LogP contribution in [0.4, 0.5) is 0 Å². The Balaban J connectivity index is 2.03. The number of carbonyl (C=O) groups is 2. The van der Waals surface area contributed by atoms with Gasteiger partial charge in [-0.15, -0.1) is 0 Å². The average Bonchev–Trinajstić information content (AvgIpc) is 2.81. The minimum atomic E-state index is -1.71. The third kappa shape index (κ3) is 1.87. The molecule has 0 saturated heterocycles. The van der Waals surface area contributed by atoms with Crippen LogP contribution in [-0.2, 0) is 4.32 Å². The quantitative estimate of drug-likeness (QED) is 0.445. The van der Waals surface area contributed by atoms with E-state index in [1.54, 1.807) is 42.5 Å². The smallest absolute Gasteiger partial charge is 0.196 e. The number of fused-ring (bicyclic) bond motifs is 2. The Bertz CT molecular complexity index is 1010. The Morgan fingerprint density at radius 2 is 1.46 bits per heavy atom. The predicted octanol–water partition coefficient (Wildman–Crippen LogP) is 4.37. The molecule has 0 unspecified atom stereocenters. The summed E-state index contributed by atoms with van der Waals surface area (Å²) in [6, 6.07) is 13.8. The van der Waals surface area contributed by atoms with Crippen molar-refractivity contribution in [2.75, 3.05) is 0 Å². The summed E-state index contributed by atoms with van der Waals surface area (Å²) in [5.74, 6) is -1.07. The van der Waals surface area contributed by atoms with E-state index in [-0.39, 0.29) is 11.4 Å². The number of rotatable bonds is 1. The van der Waals surface area contributed by atoms with Gasteiger partial charge in [0.15, 0.2) is 21.6 Å². The number of aromatic nitrogens is 1. The normalized spacial score (nSPS) is 15.8. The van der Waals surface area contributed by atoms with Gasteiger partial charge in [-0.3, -0.25) is 9.59 Å². The molecule has 2 aromatic carbocycles. The first kappa shape index (κ1) is 15.5. The number of halogens is 2. The van der Waals surface area contributed by atoms with Crippen LogP contribution in [0, 0.1) is 0 Å². The molecule has 0 spiro atoms. The SMILES string of the molecule is O=C1c2ccccc2C(=O)C1(Br)c1nc2ccccc2c(Br)c1O. The van der Waals surface area contributed by atoms with Gasteiger partial charge < -0.3 is 5.11 Å². The van der Waals surface area contributed by atoms with Gasteiger partial charge in [0, 0.05) is 16.5 Å². The number of carbonyl (C=O) groups excluding carboxylic acids is 2. The van der Waals surface area contributed by atoms with Crippen molar-refractivity contribution in [1.82, 2.24) is 4.98 Å². The minimum absolute atomic E-state index is 0.000671. The molecule has 1 N–H and O–H groups in total. The zero-order valence-corrected chi connectivity index (χ0v) is 15.3. The fraction of sp³-hybridized carbons (Fsp3) is 0.0556. The van der Waals surface area contributed by atoms with Crippen LogP contribution >= 0.6 is 31.9 Å². The molecule has 1 aliphatic rings. The highest BCUT2D eigenvalue weighted by atomic mass is 79.9. The lowest BCUT2D eigenvalue weighted by atomic mass is 9.97. The maximum absolute atomic E-state index is 12.9. The topological polar surface area (TPSA) is 67.3 Å². The molecule has 4 rings (SSSR count). The number of ketones is 2. The Morgan fingerprint density at radius 3 is 2.08 bits per heavy atom. The van der Waals surface area contributed by atoms with Gasteiger partial charge in [-0.1, -0.05) is 58.4 Å². The number of hydrogen-bond acceptors (Lipinski definition) is 4. The Labute approximate surface area is 153 Å². The predicted molar refractivity (Wildman–Crippen MR) is 96.8 cm³/mol. The zero-order chi connectivity index (χ0) is 17.1. The molecular formula is C18H9Br2NO3. The van der Waals surface area contributed by atoms with Crippen molar-refractivity contribution < 1.29 is 14.7 Å². The van der Waals surface area contributed by atoms with E-state index in [0.29, 0.717) is 26.5 Å². The molecule has 0 aliphatic heterocycles. The Kier molecular flexibility index (Phi) is 3.37. The molecule has 4 nitrogen and oxygen atoms in total. The van der Waals surface area contributed by atoms with Crippen LogP contribution < -0.4 is 0 Å². The van der Waals surface area contributed by atoms with Crippen LogP contribution in [0.5, 0.6) is 5.75 Å². The molecule has 24 heavy (non-hydrogen) atoms. The molecule has 6 heteroatoms. The summed E-state index contributed by atoms with van der Waals surface area (Å²) < 4.78 is -1.31. The third-order valence-corrected chi connectivity index (χ3v) is 6.07. The van der Waals surface area contributed by atoms with Crippen LogP contribution in [0.2, 0.25) is 0 Å². The van der Waals surface area contributed by atoms with Gasteiger partial charge in [0.2, 0.25) is 0 Å². The summed E-state index contributed by atoms with van der Waals surface area (Å²) in [4.78, 5) is 30.2. The summed E-state index contributed by atoms with van der Waals surface area (Å²) in [6.07, 6.45) is 0. The number of Topliss-reactive ketones (excluding diaryl/α,β-unsaturated/α-hetero) is 2. The van der Waals surface area contributed by atoms with Gasteiger partial charge in [-0.05, 0) is 22.0 Å². The van der Waals surface area contributed by atoms with Crippen LogP contribution in [-0.4, -0.2) is 21.7 Å². The zero-order valence-electron chi connectivity index (χ0n) is 12.1. The van der Waals surface area contributed by atoms with Crippen LogP contribution in [0.25, 0.3) is 10.9 Å². The first-order valence-corrected chi connectivity index (χ1v) is 8.70. The highest BCUT2D eigenvalue weighted by molar-refractivity contribution is 9.11. The fourth-order valence-corrected chi connectivity index (χ4v) is 4.20. The minimum Gasteiger partial charge on any atom is -0.505 e. The maximum atomic E-state index is 12.9. The molecule has 0 radical (unpaired) electrons.